The number of hydrogen-bond acceptors (Lipinski definition) is 8. The summed E-state index contributed by atoms with van der Waals surface area (Å²) in [6.45, 7) is 23.0. The molecule has 46 heavy (non-hydrogen) atoms. The fourth-order valence-electron chi connectivity index (χ4n) is 6.42. The van der Waals surface area contributed by atoms with E-state index in [1.54, 1.807) is 30.3 Å². The fraction of sp³-hybridized carbons (Fsp3) is 0.541. The van der Waals surface area contributed by atoms with Gasteiger partial charge in [0.05, 0.1) is 5.56 Å². The Labute approximate surface area is 277 Å². The van der Waals surface area contributed by atoms with Gasteiger partial charge in [0.1, 0.15) is 11.5 Å². The largest absolute Gasteiger partial charge is 0.380 e. The van der Waals surface area contributed by atoms with Crippen LogP contribution in [-0.4, -0.2) is 71.4 Å². The molecule has 0 aliphatic carbocycles. The van der Waals surface area contributed by atoms with E-state index in [0.717, 1.165) is 30.0 Å². The predicted molar refractivity (Wildman–Crippen MR) is 188 cm³/mol. The van der Waals surface area contributed by atoms with Crippen LogP contribution in [0.2, 0.25) is 0 Å². The molecule has 1 unspecified atom stereocenters. The van der Waals surface area contributed by atoms with Crippen LogP contribution in [0.5, 0.6) is 0 Å². The van der Waals surface area contributed by atoms with Gasteiger partial charge in [0.2, 0.25) is 0 Å². The average Bonchev–Trinajstić information content (AvgIpc) is 2.98. The molecule has 3 rings (SSSR count). The third-order valence-corrected chi connectivity index (χ3v) is 7.90. The van der Waals surface area contributed by atoms with E-state index in [0.29, 0.717) is 24.8 Å². The summed E-state index contributed by atoms with van der Waals surface area (Å²) in [5.41, 5.74) is -0.110. The maximum absolute atomic E-state index is 15.3. The van der Waals surface area contributed by atoms with E-state index in [1.165, 1.54) is 19.2 Å². The van der Waals surface area contributed by atoms with Crippen molar-refractivity contribution >= 4 is 12.0 Å². The summed E-state index contributed by atoms with van der Waals surface area (Å²) in [6, 6.07) is 9.79. The van der Waals surface area contributed by atoms with Gasteiger partial charge in [-0.3, -0.25) is 9.69 Å². The molecule has 0 amide bonds. The number of benzene rings is 2. The van der Waals surface area contributed by atoms with Crippen molar-refractivity contribution in [1.29, 1.82) is 0 Å². The summed E-state index contributed by atoms with van der Waals surface area (Å²) in [7, 11) is 5.07. The number of rotatable bonds is 13. The highest BCUT2D eigenvalue weighted by molar-refractivity contribution is 5.81. The summed E-state index contributed by atoms with van der Waals surface area (Å²) in [4.78, 5) is 15.2. The van der Waals surface area contributed by atoms with Crippen LogP contribution in [0.25, 0.3) is 0 Å². The quantitative estimate of drug-likeness (QED) is 0.0994. The minimum atomic E-state index is -2.78. The number of nitrogens with zero attached hydrogens (tertiary/aromatic N) is 2. The molecule has 1 aliphatic heterocycles. The molecule has 0 aromatic heterocycles. The van der Waals surface area contributed by atoms with Crippen LogP contribution in [0.1, 0.15) is 87.9 Å². The number of hydrogen-bond donors (Lipinski definition) is 5. The Kier molecular flexibility index (Phi) is 15.9. The molecule has 0 radical (unpaired) electrons. The third kappa shape index (κ3) is 11.1. The van der Waals surface area contributed by atoms with Crippen LogP contribution in [0.3, 0.4) is 0 Å². The van der Waals surface area contributed by atoms with E-state index in [2.05, 4.69) is 56.4 Å². The molecule has 0 saturated carbocycles. The van der Waals surface area contributed by atoms with Crippen molar-refractivity contribution in [2.45, 2.75) is 85.5 Å². The highest BCUT2D eigenvalue weighted by Crippen LogP contribution is 2.40. The van der Waals surface area contributed by atoms with Crippen molar-refractivity contribution in [2.75, 3.05) is 39.5 Å². The number of likely N-dealkylation sites (N-methyl/N-ethyl adjacent to an activating group) is 1. The first-order chi connectivity index (χ1) is 21.5. The summed E-state index contributed by atoms with van der Waals surface area (Å²) < 4.78 is 15.3. The van der Waals surface area contributed by atoms with Crippen molar-refractivity contribution in [3.8, 4) is 0 Å². The third-order valence-electron chi connectivity index (χ3n) is 7.90. The van der Waals surface area contributed by atoms with Gasteiger partial charge in [-0.05, 0) is 75.0 Å². The SMILES string of the molecule is C=CCCC(O)(C=C)N(C)C(O)(O)c1c(C=O)cccc1NCc1ccc(CN2CC(C)(C)CC(C)(C)C2)cc1F.CC.CNC. The normalized spacial score (nSPS) is 17.0. The lowest BCUT2D eigenvalue weighted by Crippen LogP contribution is -2.57. The van der Waals surface area contributed by atoms with E-state index in [4.69, 9.17) is 0 Å². The molecule has 1 saturated heterocycles. The lowest BCUT2D eigenvalue weighted by atomic mass is 9.71. The Hall–Kier alpha value is -2.92. The first kappa shape index (κ1) is 41.1. The molecule has 0 bridgehead atoms. The van der Waals surface area contributed by atoms with E-state index < -0.39 is 11.6 Å². The number of aliphatic hydroxyl groups is 3. The first-order valence-corrected chi connectivity index (χ1v) is 16.1. The van der Waals surface area contributed by atoms with Gasteiger partial charge in [0, 0.05) is 43.0 Å². The second-order valence-electron chi connectivity index (χ2n) is 13.4. The fourth-order valence-corrected chi connectivity index (χ4v) is 6.42. The van der Waals surface area contributed by atoms with E-state index in [-0.39, 0.29) is 46.4 Å². The number of halogens is 1. The van der Waals surface area contributed by atoms with E-state index in [9.17, 15) is 20.1 Å². The Morgan fingerprint density at radius 3 is 2.13 bits per heavy atom. The smallest absolute Gasteiger partial charge is 0.258 e. The predicted octanol–water partition coefficient (Wildman–Crippen LogP) is 6.24. The molecule has 9 heteroatoms. The molecule has 0 spiro atoms. The second kappa shape index (κ2) is 17.8. The molecule has 1 heterocycles. The zero-order valence-corrected chi connectivity index (χ0v) is 29.6. The van der Waals surface area contributed by atoms with Gasteiger partial charge in [-0.15, -0.1) is 6.58 Å². The van der Waals surface area contributed by atoms with Crippen molar-refractivity contribution < 1.29 is 24.5 Å². The maximum Gasteiger partial charge on any atom is 0.258 e. The van der Waals surface area contributed by atoms with Crippen LogP contribution in [0.4, 0.5) is 10.1 Å². The van der Waals surface area contributed by atoms with E-state index >= 15 is 4.39 Å². The van der Waals surface area contributed by atoms with Crippen molar-refractivity contribution in [1.82, 2.24) is 15.1 Å². The number of likely N-dealkylation sites (tertiary alicyclic amines) is 1. The maximum atomic E-state index is 15.3. The minimum Gasteiger partial charge on any atom is -0.380 e. The molecule has 2 aromatic rings. The van der Waals surface area contributed by atoms with Crippen molar-refractivity contribution in [3.05, 3.63) is 89.8 Å². The summed E-state index contributed by atoms with van der Waals surface area (Å²) in [5.74, 6) is -3.15. The summed E-state index contributed by atoms with van der Waals surface area (Å²) in [6.07, 6.45) is 4.92. The van der Waals surface area contributed by atoms with Crippen molar-refractivity contribution in [2.24, 2.45) is 10.8 Å². The first-order valence-electron chi connectivity index (χ1n) is 16.1. The Morgan fingerprint density at radius 1 is 1.04 bits per heavy atom. The molecule has 5 N–H and O–H groups in total. The lowest BCUT2D eigenvalue weighted by molar-refractivity contribution is -0.318. The molecule has 258 valence electrons. The summed E-state index contributed by atoms with van der Waals surface area (Å²) >= 11 is 0. The van der Waals surface area contributed by atoms with Gasteiger partial charge >= 0.3 is 0 Å². The molecular weight excluding hydrogens is 583 g/mol. The Balaban J connectivity index is 0.00000199. The van der Waals surface area contributed by atoms with Gasteiger partial charge in [-0.2, -0.15) is 0 Å². The number of anilines is 1. The minimum absolute atomic E-state index is 0.00480. The lowest BCUT2D eigenvalue weighted by Gasteiger charge is -2.47. The number of allylic oxidation sites excluding steroid dienone is 1. The standard InChI is InChI=1S/C33H46FN3O4.C2H7N.C2H6/c1-8-10-16-32(39,9-2)36(7)33(40,41)29-26(20-38)12-11-13-28(29)35-18-25-15-14-24(17-27(25)34)19-37-22-30(3,4)21-31(5,6)23-37;1-3-2;1-2/h8-9,11-15,17,20,35,39-41H,1-2,10,16,18-19,21-23H2,3-7H3;3H,1-2H3;1-2H3. The van der Waals surface area contributed by atoms with Crippen LogP contribution >= 0.6 is 0 Å². The molecule has 2 aromatic carbocycles. The average molecular weight is 643 g/mol. The number of carbonyl (C=O) groups is 1. The summed E-state index contributed by atoms with van der Waals surface area (Å²) in [5, 5.41) is 39.5. The van der Waals surface area contributed by atoms with Gasteiger partial charge in [0.15, 0.2) is 6.29 Å². The van der Waals surface area contributed by atoms with Gasteiger partial charge in [0.25, 0.3) is 5.91 Å². The number of carbonyl (C=O) groups excluding carboxylic acids is 1. The Morgan fingerprint density at radius 2 is 1.63 bits per heavy atom. The molecular formula is C37H59FN4O4. The van der Waals surface area contributed by atoms with Crippen molar-refractivity contribution in [3.63, 3.8) is 0 Å². The molecule has 1 fully saturated rings. The monoisotopic (exact) mass is 642 g/mol. The number of aldehydes is 1. The van der Waals surface area contributed by atoms with Crippen LogP contribution in [0.15, 0.2) is 61.7 Å². The molecule has 1 atom stereocenters. The van der Waals surface area contributed by atoms with Gasteiger partial charge in [-0.1, -0.05) is 78.5 Å². The number of piperidine rings is 1. The number of nitrogens with one attached hydrogen (secondary N) is 2. The van der Waals surface area contributed by atoms with Crippen LogP contribution in [0, 0.1) is 16.6 Å². The van der Waals surface area contributed by atoms with E-state index in [1.807, 2.05) is 34.0 Å². The highest BCUT2D eigenvalue weighted by Gasteiger charge is 2.45. The molecule has 1 aliphatic rings. The second-order valence-corrected chi connectivity index (χ2v) is 13.4. The Bertz CT molecular complexity index is 1260. The van der Waals surface area contributed by atoms with Crippen LogP contribution in [-0.2, 0) is 19.0 Å². The van der Waals surface area contributed by atoms with Gasteiger partial charge in [-0.25, -0.2) is 9.29 Å². The zero-order valence-electron chi connectivity index (χ0n) is 29.6. The molecule has 8 nitrogen and oxygen atoms in total. The van der Waals surface area contributed by atoms with Gasteiger partial charge < -0.3 is 26.0 Å². The van der Waals surface area contributed by atoms with Crippen LogP contribution < -0.4 is 10.6 Å². The topological polar surface area (TPSA) is 108 Å². The zero-order chi connectivity index (χ0) is 35.3. The highest BCUT2D eigenvalue weighted by atomic mass is 19.1.